The van der Waals surface area contributed by atoms with Crippen molar-refractivity contribution in [2.75, 3.05) is 19.6 Å². The second-order valence-corrected chi connectivity index (χ2v) is 8.21. The van der Waals surface area contributed by atoms with E-state index in [1.807, 2.05) is 6.07 Å². The maximum Gasteiger partial charge on any atom is 0.155 e. The summed E-state index contributed by atoms with van der Waals surface area (Å²) in [6.07, 6.45) is 3.36. The molecule has 5 nitrogen and oxygen atoms in total. The van der Waals surface area contributed by atoms with E-state index in [0.29, 0.717) is 5.92 Å². The first kappa shape index (κ1) is 13.9. The fraction of sp³-hybridized carbons (Fsp3) is 0.529. The van der Waals surface area contributed by atoms with Gasteiger partial charge in [0, 0.05) is 23.2 Å². The predicted octanol–water partition coefficient (Wildman–Crippen LogP) is 3.02. The smallest absolute Gasteiger partial charge is 0.155 e. The number of nitrogens with one attached hydrogen (secondary N) is 1. The molecule has 0 saturated carbocycles. The summed E-state index contributed by atoms with van der Waals surface area (Å²) < 4.78 is 0. The van der Waals surface area contributed by atoms with Gasteiger partial charge in [-0.1, -0.05) is 0 Å². The molecule has 4 aliphatic rings. The Labute approximate surface area is 139 Å². The predicted molar refractivity (Wildman–Crippen MR) is 92.2 cm³/mol. The zero-order valence-corrected chi connectivity index (χ0v) is 14.0. The summed E-state index contributed by atoms with van der Waals surface area (Å²) >= 11 is 1.72. The molecule has 1 spiro atoms. The fourth-order valence-electron chi connectivity index (χ4n) is 4.25. The maximum absolute atomic E-state index is 6.04. The lowest BCUT2D eigenvalue weighted by atomic mass is 9.74. The van der Waals surface area contributed by atoms with Crippen LogP contribution in [-0.2, 0) is 4.84 Å². The standard InChI is InChI=1S/C17H20N4OS/c1-11-8-12-2-3-14(19-16(12)23-11)18-15-9-17(22-20-15)10-21-6-4-13(17)5-7-21/h2-3,8,13H,4-7,9-10H2,1H3,(H,18,19,20). The summed E-state index contributed by atoms with van der Waals surface area (Å²) in [6, 6.07) is 6.26. The van der Waals surface area contributed by atoms with Crippen molar-refractivity contribution in [1.29, 1.82) is 0 Å². The summed E-state index contributed by atoms with van der Waals surface area (Å²) in [5.74, 6) is 2.34. The van der Waals surface area contributed by atoms with E-state index in [-0.39, 0.29) is 5.60 Å². The third-order valence-corrected chi connectivity index (χ3v) is 6.36. The van der Waals surface area contributed by atoms with Crippen molar-refractivity contribution in [2.24, 2.45) is 10.9 Å². The second kappa shape index (κ2) is 5.00. The van der Waals surface area contributed by atoms with Gasteiger partial charge in [-0.2, -0.15) is 0 Å². The molecule has 0 radical (unpaired) electrons. The molecule has 23 heavy (non-hydrogen) atoms. The van der Waals surface area contributed by atoms with Gasteiger partial charge in [-0.05, 0) is 57.0 Å². The van der Waals surface area contributed by atoms with Crippen LogP contribution in [0, 0.1) is 12.8 Å². The molecule has 1 N–H and O–H groups in total. The number of fused-ring (bicyclic) bond motifs is 3. The number of rotatable bonds is 1. The first-order valence-electron chi connectivity index (χ1n) is 8.31. The number of hydrogen-bond acceptors (Lipinski definition) is 5. The molecule has 120 valence electrons. The molecule has 0 aliphatic carbocycles. The molecule has 0 aromatic carbocycles. The lowest BCUT2D eigenvalue weighted by Gasteiger charge is -2.49. The van der Waals surface area contributed by atoms with Crippen LogP contribution in [0.3, 0.4) is 0 Å². The highest BCUT2D eigenvalue weighted by Gasteiger charge is 2.52. The SMILES string of the molecule is Cc1cc2ccc(N=C3CC4(CN5CCC4CC5)ON3)nc2s1. The van der Waals surface area contributed by atoms with Crippen LogP contribution in [0.1, 0.15) is 24.1 Å². The third kappa shape index (κ3) is 2.28. The van der Waals surface area contributed by atoms with Crippen molar-refractivity contribution >= 4 is 33.2 Å². The molecule has 4 saturated heterocycles. The first-order chi connectivity index (χ1) is 11.2. The number of pyridine rings is 1. The lowest BCUT2D eigenvalue weighted by Crippen LogP contribution is -2.59. The monoisotopic (exact) mass is 328 g/mol. The second-order valence-electron chi connectivity index (χ2n) is 6.98. The Bertz CT molecular complexity index is 793. The van der Waals surface area contributed by atoms with Gasteiger partial charge in [0.05, 0.1) is 0 Å². The van der Waals surface area contributed by atoms with Crippen molar-refractivity contribution in [3.05, 3.63) is 23.1 Å². The van der Waals surface area contributed by atoms with E-state index in [9.17, 15) is 0 Å². The first-order valence-corrected chi connectivity index (χ1v) is 9.13. The van der Waals surface area contributed by atoms with Gasteiger partial charge in [0.2, 0.25) is 0 Å². The molecule has 6 rings (SSSR count). The third-order valence-electron chi connectivity index (χ3n) is 5.40. The summed E-state index contributed by atoms with van der Waals surface area (Å²) in [6.45, 7) is 5.58. The Balaban J connectivity index is 1.42. The van der Waals surface area contributed by atoms with Crippen molar-refractivity contribution < 1.29 is 4.84 Å². The number of hydroxylamine groups is 1. The van der Waals surface area contributed by atoms with Crippen LogP contribution >= 0.6 is 11.3 Å². The number of thiophene rings is 1. The largest absolute Gasteiger partial charge is 0.300 e. The summed E-state index contributed by atoms with van der Waals surface area (Å²) in [5.41, 5.74) is 3.02. The topological polar surface area (TPSA) is 49.8 Å². The van der Waals surface area contributed by atoms with Gasteiger partial charge >= 0.3 is 0 Å². The van der Waals surface area contributed by atoms with Gasteiger partial charge < -0.3 is 4.90 Å². The van der Waals surface area contributed by atoms with Crippen LogP contribution in [0.25, 0.3) is 10.2 Å². The van der Waals surface area contributed by atoms with Crippen molar-refractivity contribution in [2.45, 2.75) is 31.8 Å². The fourth-order valence-corrected chi connectivity index (χ4v) is 5.13. The quantitative estimate of drug-likeness (QED) is 0.874. The summed E-state index contributed by atoms with van der Waals surface area (Å²) in [7, 11) is 0. The molecule has 1 atom stereocenters. The van der Waals surface area contributed by atoms with E-state index < -0.39 is 0 Å². The van der Waals surface area contributed by atoms with E-state index in [1.54, 1.807) is 11.3 Å². The molecule has 0 amide bonds. The zero-order valence-electron chi connectivity index (χ0n) is 13.2. The van der Waals surface area contributed by atoms with E-state index in [4.69, 9.17) is 9.83 Å². The number of aromatic nitrogens is 1. The normalized spacial score (nSPS) is 34.6. The minimum atomic E-state index is -0.0705. The molecule has 2 bridgehead atoms. The van der Waals surface area contributed by atoms with E-state index >= 15 is 0 Å². The molecule has 2 aromatic heterocycles. The molecule has 6 heteroatoms. The molecule has 4 aliphatic heterocycles. The van der Waals surface area contributed by atoms with Gasteiger partial charge in [0.25, 0.3) is 0 Å². The number of aliphatic imine (C=N–C) groups is 1. The van der Waals surface area contributed by atoms with Gasteiger partial charge in [-0.25, -0.2) is 9.98 Å². The maximum atomic E-state index is 6.04. The van der Waals surface area contributed by atoms with Gasteiger partial charge in [-0.15, -0.1) is 11.3 Å². The number of piperidine rings is 3. The number of nitrogens with zero attached hydrogens (tertiary/aromatic N) is 3. The van der Waals surface area contributed by atoms with Crippen molar-refractivity contribution in [3.8, 4) is 0 Å². The van der Waals surface area contributed by atoms with Gasteiger partial charge in [0.15, 0.2) is 5.82 Å². The number of hydrogen-bond donors (Lipinski definition) is 1. The Morgan fingerprint density at radius 3 is 3.04 bits per heavy atom. The van der Waals surface area contributed by atoms with Crippen LogP contribution in [-0.4, -0.2) is 41.0 Å². The Morgan fingerprint density at radius 2 is 2.26 bits per heavy atom. The molecule has 1 unspecified atom stereocenters. The zero-order chi connectivity index (χ0) is 15.4. The highest BCUT2D eigenvalue weighted by atomic mass is 32.1. The summed E-state index contributed by atoms with van der Waals surface area (Å²) in [5, 5.41) is 1.20. The van der Waals surface area contributed by atoms with Crippen LogP contribution < -0.4 is 5.48 Å². The molecule has 6 heterocycles. The van der Waals surface area contributed by atoms with Crippen LogP contribution in [0.2, 0.25) is 0 Å². The van der Waals surface area contributed by atoms with Gasteiger partial charge in [-0.3, -0.25) is 10.3 Å². The minimum absolute atomic E-state index is 0.0705. The molecule has 4 fully saturated rings. The lowest BCUT2D eigenvalue weighted by molar-refractivity contribution is -0.150. The number of amidine groups is 1. The Kier molecular flexibility index (Phi) is 3.02. The van der Waals surface area contributed by atoms with E-state index in [2.05, 4.69) is 34.4 Å². The van der Waals surface area contributed by atoms with Crippen molar-refractivity contribution in [3.63, 3.8) is 0 Å². The minimum Gasteiger partial charge on any atom is -0.300 e. The Morgan fingerprint density at radius 1 is 1.39 bits per heavy atom. The average molecular weight is 328 g/mol. The highest BCUT2D eigenvalue weighted by Crippen LogP contribution is 2.42. The summed E-state index contributed by atoms with van der Waals surface area (Å²) in [4.78, 5) is 20.3. The molecular formula is C17H20N4OS. The highest BCUT2D eigenvalue weighted by molar-refractivity contribution is 7.18. The Hall–Kier alpha value is -1.50. The van der Waals surface area contributed by atoms with E-state index in [0.717, 1.165) is 29.4 Å². The average Bonchev–Trinajstić information content (AvgIpc) is 3.11. The molecule has 2 aromatic rings. The van der Waals surface area contributed by atoms with E-state index in [1.165, 1.54) is 36.2 Å². The van der Waals surface area contributed by atoms with Crippen LogP contribution in [0.5, 0.6) is 0 Å². The molecular weight excluding hydrogens is 308 g/mol. The van der Waals surface area contributed by atoms with Crippen molar-refractivity contribution in [1.82, 2.24) is 15.4 Å². The van der Waals surface area contributed by atoms with Crippen LogP contribution in [0.4, 0.5) is 5.82 Å². The van der Waals surface area contributed by atoms with Gasteiger partial charge in [0.1, 0.15) is 16.3 Å². The number of aryl methyl sites for hydroxylation is 1. The van der Waals surface area contributed by atoms with Crippen LogP contribution in [0.15, 0.2) is 23.2 Å².